The third kappa shape index (κ3) is 3.66. The Hall–Kier alpha value is -1.61. The lowest BCUT2D eigenvalue weighted by molar-refractivity contribution is -0.131. The fourth-order valence-corrected chi connectivity index (χ4v) is 5.68. The second-order valence-corrected chi connectivity index (χ2v) is 9.60. The predicted molar refractivity (Wildman–Crippen MR) is 114 cm³/mol. The number of nitrogens with zero attached hydrogens (tertiary/aromatic N) is 2. The molecule has 2 heterocycles. The van der Waals surface area contributed by atoms with Crippen LogP contribution in [0, 0.1) is 17.8 Å². The molecular formula is C25H34N2O. The molecule has 1 aromatic rings. The fraction of sp³-hybridized carbons (Fsp3) is 0.640. The molecule has 5 rings (SSSR count). The molecule has 28 heavy (non-hydrogen) atoms. The van der Waals surface area contributed by atoms with E-state index in [1.54, 1.807) is 0 Å². The third-order valence-electron chi connectivity index (χ3n) is 7.65. The molecule has 3 atom stereocenters. The molecule has 3 heteroatoms. The van der Waals surface area contributed by atoms with E-state index in [9.17, 15) is 4.79 Å². The Morgan fingerprint density at radius 1 is 1.07 bits per heavy atom. The van der Waals surface area contributed by atoms with Crippen molar-refractivity contribution in [3.8, 4) is 0 Å². The van der Waals surface area contributed by atoms with Gasteiger partial charge in [-0.2, -0.15) is 0 Å². The van der Waals surface area contributed by atoms with Crippen molar-refractivity contribution in [3.63, 3.8) is 0 Å². The van der Waals surface area contributed by atoms with E-state index in [0.717, 1.165) is 44.8 Å². The number of rotatable bonds is 5. The zero-order valence-electron chi connectivity index (χ0n) is 17.3. The normalized spacial score (nSPS) is 30.4. The van der Waals surface area contributed by atoms with Crippen LogP contribution in [0.4, 0.5) is 0 Å². The van der Waals surface area contributed by atoms with E-state index < -0.39 is 0 Å². The number of hydrogen-bond donors (Lipinski definition) is 0. The first-order valence-corrected chi connectivity index (χ1v) is 11.5. The average Bonchev–Trinajstić information content (AvgIpc) is 3.34. The molecule has 0 spiro atoms. The number of fused-ring (bicyclic) bond motifs is 1. The summed E-state index contributed by atoms with van der Waals surface area (Å²) in [5, 5.41) is 0. The highest BCUT2D eigenvalue weighted by Crippen LogP contribution is 2.43. The Bertz CT molecular complexity index is 748. The minimum atomic E-state index is 0.352. The van der Waals surface area contributed by atoms with Crippen LogP contribution in [0.15, 0.2) is 30.3 Å². The van der Waals surface area contributed by atoms with Crippen LogP contribution >= 0.6 is 0 Å². The molecule has 150 valence electrons. The van der Waals surface area contributed by atoms with E-state index in [-0.39, 0.29) is 0 Å². The van der Waals surface area contributed by atoms with Crippen LogP contribution in [0.2, 0.25) is 0 Å². The lowest BCUT2D eigenvalue weighted by Crippen LogP contribution is -2.30. The predicted octanol–water partition coefficient (Wildman–Crippen LogP) is 4.38. The highest BCUT2D eigenvalue weighted by atomic mass is 16.2. The number of carbonyl (C=O) groups is 1. The van der Waals surface area contributed by atoms with Crippen LogP contribution in [0.5, 0.6) is 0 Å². The highest BCUT2D eigenvalue weighted by Gasteiger charge is 2.42. The molecule has 4 aliphatic rings. The summed E-state index contributed by atoms with van der Waals surface area (Å²) in [5.74, 6) is 2.00. The Morgan fingerprint density at radius 3 is 2.61 bits per heavy atom. The van der Waals surface area contributed by atoms with Gasteiger partial charge < -0.3 is 9.80 Å². The molecule has 1 unspecified atom stereocenters. The SMILES string of the molecule is CC1CCCN1CCc1ccc(C2=CCC[C@@H]3CN(C(=O)C4CC4)C[C@H]23)cc1. The van der Waals surface area contributed by atoms with Crippen molar-refractivity contribution in [3.05, 3.63) is 41.5 Å². The van der Waals surface area contributed by atoms with Gasteiger partial charge >= 0.3 is 0 Å². The molecule has 0 aromatic heterocycles. The van der Waals surface area contributed by atoms with Gasteiger partial charge in [0.25, 0.3) is 0 Å². The van der Waals surface area contributed by atoms with Crippen LogP contribution in [0.3, 0.4) is 0 Å². The van der Waals surface area contributed by atoms with E-state index in [4.69, 9.17) is 0 Å². The fourth-order valence-electron chi connectivity index (χ4n) is 5.68. The van der Waals surface area contributed by atoms with Crippen LogP contribution in [-0.2, 0) is 11.2 Å². The lowest BCUT2D eigenvalue weighted by Gasteiger charge is -2.26. The number of benzene rings is 1. The van der Waals surface area contributed by atoms with Crippen molar-refractivity contribution < 1.29 is 4.79 Å². The number of likely N-dealkylation sites (tertiary alicyclic amines) is 2. The van der Waals surface area contributed by atoms with Crippen LogP contribution < -0.4 is 0 Å². The smallest absolute Gasteiger partial charge is 0.225 e. The van der Waals surface area contributed by atoms with E-state index >= 15 is 0 Å². The molecule has 3 nitrogen and oxygen atoms in total. The van der Waals surface area contributed by atoms with E-state index in [1.165, 1.54) is 49.1 Å². The van der Waals surface area contributed by atoms with Gasteiger partial charge in [0.15, 0.2) is 0 Å². The monoisotopic (exact) mass is 378 g/mol. The van der Waals surface area contributed by atoms with Crippen molar-refractivity contribution in [2.24, 2.45) is 17.8 Å². The van der Waals surface area contributed by atoms with Crippen molar-refractivity contribution >= 4 is 11.5 Å². The maximum atomic E-state index is 12.5. The average molecular weight is 379 g/mol. The first kappa shape index (κ1) is 18.4. The maximum absolute atomic E-state index is 12.5. The first-order chi connectivity index (χ1) is 13.7. The van der Waals surface area contributed by atoms with Crippen molar-refractivity contribution in [2.75, 3.05) is 26.2 Å². The maximum Gasteiger partial charge on any atom is 0.225 e. The van der Waals surface area contributed by atoms with Crippen molar-refractivity contribution in [1.29, 1.82) is 0 Å². The molecule has 2 aliphatic carbocycles. The number of allylic oxidation sites excluding steroid dienone is 1. The second kappa shape index (κ2) is 7.67. The van der Waals surface area contributed by atoms with Gasteiger partial charge in [-0.25, -0.2) is 0 Å². The zero-order chi connectivity index (χ0) is 19.1. The van der Waals surface area contributed by atoms with Crippen LogP contribution in [-0.4, -0.2) is 47.9 Å². The molecule has 0 radical (unpaired) electrons. The van der Waals surface area contributed by atoms with Gasteiger partial charge in [0, 0.05) is 37.5 Å². The number of carbonyl (C=O) groups excluding carboxylic acids is 1. The van der Waals surface area contributed by atoms with Crippen molar-refractivity contribution in [2.45, 2.75) is 57.9 Å². The molecule has 1 aromatic carbocycles. The Kier molecular flexibility index (Phi) is 5.04. The van der Waals surface area contributed by atoms with Gasteiger partial charge in [0.05, 0.1) is 0 Å². The number of amides is 1. The molecular weight excluding hydrogens is 344 g/mol. The van der Waals surface area contributed by atoms with Gasteiger partial charge in [0.2, 0.25) is 5.91 Å². The van der Waals surface area contributed by atoms with Gasteiger partial charge in [0.1, 0.15) is 0 Å². The quantitative estimate of drug-likeness (QED) is 0.759. The molecule has 2 saturated heterocycles. The standard InChI is InChI=1S/C25H34N2O/c1-18-4-3-14-26(18)15-13-19-7-9-20(10-8-19)23-6-2-5-22-16-27(17-24(22)23)25(28)21-11-12-21/h6-10,18,21-22,24H,2-5,11-17H2,1H3/t18?,22-,24+/m1/s1. The molecule has 1 saturated carbocycles. The second-order valence-electron chi connectivity index (χ2n) is 9.60. The topological polar surface area (TPSA) is 23.6 Å². The zero-order valence-corrected chi connectivity index (χ0v) is 17.3. The molecule has 2 aliphatic heterocycles. The minimum absolute atomic E-state index is 0.352. The summed E-state index contributed by atoms with van der Waals surface area (Å²) >= 11 is 0. The lowest BCUT2D eigenvalue weighted by atomic mass is 9.78. The number of hydrogen-bond acceptors (Lipinski definition) is 2. The summed E-state index contributed by atoms with van der Waals surface area (Å²) in [5.41, 5.74) is 4.34. The van der Waals surface area contributed by atoms with Gasteiger partial charge in [-0.05, 0) is 81.0 Å². The van der Waals surface area contributed by atoms with Gasteiger partial charge in [-0.3, -0.25) is 4.79 Å². The summed E-state index contributed by atoms with van der Waals surface area (Å²) in [6.07, 6.45) is 11.0. The summed E-state index contributed by atoms with van der Waals surface area (Å²) in [6.45, 7) is 6.75. The summed E-state index contributed by atoms with van der Waals surface area (Å²) in [4.78, 5) is 17.4. The van der Waals surface area contributed by atoms with E-state index in [0.29, 0.717) is 23.7 Å². The van der Waals surface area contributed by atoms with Crippen molar-refractivity contribution in [1.82, 2.24) is 9.80 Å². The van der Waals surface area contributed by atoms with Gasteiger partial charge in [-0.15, -0.1) is 0 Å². The molecule has 0 N–H and O–H groups in total. The third-order valence-corrected chi connectivity index (χ3v) is 7.65. The van der Waals surface area contributed by atoms with Crippen LogP contribution in [0.25, 0.3) is 5.57 Å². The molecule has 3 fully saturated rings. The Labute approximate surface area is 169 Å². The minimum Gasteiger partial charge on any atom is -0.342 e. The largest absolute Gasteiger partial charge is 0.342 e. The molecule has 1 amide bonds. The summed E-state index contributed by atoms with van der Waals surface area (Å²) < 4.78 is 0. The Morgan fingerprint density at radius 2 is 1.89 bits per heavy atom. The van der Waals surface area contributed by atoms with Gasteiger partial charge in [-0.1, -0.05) is 30.3 Å². The highest BCUT2D eigenvalue weighted by molar-refractivity contribution is 5.82. The Balaban J connectivity index is 1.24. The first-order valence-electron chi connectivity index (χ1n) is 11.5. The van der Waals surface area contributed by atoms with E-state index in [1.807, 2.05) is 0 Å². The molecule has 0 bridgehead atoms. The van der Waals surface area contributed by atoms with E-state index in [2.05, 4.69) is 47.1 Å². The van der Waals surface area contributed by atoms with Crippen LogP contribution in [0.1, 0.15) is 56.6 Å². The summed E-state index contributed by atoms with van der Waals surface area (Å²) in [6, 6.07) is 10.1. The summed E-state index contributed by atoms with van der Waals surface area (Å²) in [7, 11) is 0.